The normalized spacial score (nSPS) is 16.0. The van der Waals surface area contributed by atoms with E-state index in [1.54, 1.807) is 18.2 Å². The fourth-order valence-corrected chi connectivity index (χ4v) is 4.51. The number of amidine groups is 1. The summed E-state index contributed by atoms with van der Waals surface area (Å²) in [5.41, 5.74) is 2.46. The van der Waals surface area contributed by atoms with Crippen molar-refractivity contribution in [3.63, 3.8) is 0 Å². The predicted octanol–water partition coefficient (Wildman–Crippen LogP) is 7.23. The molecule has 1 heterocycles. The Balaban J connectivity index is 1.50. The Morgan fingerprint density at radius 3 is 2.39 bits per heavy atom. The molecule has 4 nitrogen and oxygen atoms in total. The molecule has 1 fully saturated rings. The standard InChI is InChI=1S/C23H15BrCl2N2O2S/c24-16-8-6-14(7-9-16)13-30-21-18(25)10-15(11-19(21)26)12-20-22(29)28-23(31-20)27-17-4-2-1-3-5-17/h1-12H,13H2,(H,27,28,29)/b20-12-. The van der Waals surface area contributed by atoms with Crippen LogP contribution >= 0.6 is 50.9 Å². The van der Waals surface area contributed by atoms with Crippen LogP contribution in [0.4, 0.5) is 5.69 Å². The molecule has 0 aliphatic carbocycles. The first-order valence-electron chi connectivity index (χ1n) is 9.19. The summed E-state index contributed by atoms with van der Waals surface area (Å²) < 4.78 is 6.82. The molecule has 1 N–H and O–H groups in total. The third-order valence-electron chi connectivity index (χ3n) is 4.25. The Hall–Kier alpha value is -2.25. The number of para-hydroxylation sites is 1. The minimum Gasteiger partial charge on any atom is -0.486 e. The number of nitrogens with zero attached hydrogens (tertiary/aromatic N) is 1. The zero-order valence-electron chi connectivity index (χ0n) is 15.9. The van der Waals surface area contributed by atoms with Gasteiger partial charge in [-0.05, 0) is 65.4 Å². The first kappa shape index (κ1) is 22.0. The first-order chi connectivity index (χ1) is 15.0. The lowest BCUT2D eigenvalue weighted by molar-refractivity contribution is -0.115. The van der Waals surface area contributed by atoms with Crippen molar-refractivity contribution < 1.29 is 9.53 Å². The van der Waals surface area contributed by atoms with Crippen LogP contribution in [0.25, 0.3) is 6.08 Å². The molecule has 0 saturated carbocycles. The van der Waals surface area contributed by atoms with Gasteiger partial charge in [-0.15, -0.1) is 0 Å². The van der Waals surface area contributed by atoms with Gasteiger partial charge in [0, 0.05) is 4.47 Å². The second-order valence-electron chi connectivity index (χ2n) is 6.55. The van der Waals surface area contributed by atoms with E-state index < -0.39 is 0 Å². The van der Waals surface area contributed by atoms with Crippen LogP contribution in [-0.4, -0.2) is 11.1 Å². The number of carbonyl (C=O) groups excluding carboxylic acids is 1. The SMILES string of the molecule is O=C1NC(=Nc2ccccc2)S/C1=C\c1cc(Cl)c(OCc2ccc(Br)cc2)c(Cl)c1. The largest absolute Gasteiger partial charge is 0.486 e. The van der Waals surface area contributed by atoms with Gasteiger partial charge in [0.2, 0.25) is 0 Å². The van der Waals surface area contributed by atoms with Gasteiger partial charge in [0.15, 0.2) is 10.9 Å². The molecule has 1 saturated heterocycles. The van der Waals surface area contributed by atoms with Crippen molar-refractivity contribution in [3.05, 3.63) is 97.3 Å². The highest BCUT2D eigenvalue weighted by atomic mass is 79.9. The lowest BCUT2D eigenvalue weighted by Gasteiger charge is -2.11. The van der Waals surface area contributed by atoms with Crippen molar-refractivity contribution in [1.82, 2.24) is 5.32 Å². The lowest BCUT2D eigenvalue weighted by atomic mass is 10.2. The molecule has 31 heavy (non-hydrogen) atoms. The number of thioether (sulfide) groups is 1. The summed E-state index contributed by atoms with van der Waals surface area (Å²) in [5, 5.41) is 4.04. The van der Waals surface area contributed by atoms with Gasteiger partial charge in [-0.3, -0.25) is 4.79 Å². The number of rotatable bonds is 5. The molecule has 1 aliphatic rings. The fraction of sp³-hybridized carbons (Fsp3) is 0.0435. The fourth-order valence-electron chi connectivity index (χ4n) is 2.79. The van der Waals surface area contributed by atoms with Gasteiger partial charge in [0.05, 0.1) is 20.6 Å². The highest BCUT2D eigenvalue weighted by Crippen LogP contribution is 2.37. The first-order valence-corrected chi connectivity index (χ1v) is 11.6. The third kappa shape index (κ3) is 5.71. The van der Waals surface area contributed by atoms with E-state index in [4.69, 9.17) is 27.9 Å². The molecular weight excluding hydrogens is 519 g/mol. The molecule has 0 unspecified atom stereocenters. The highest BCUT2D eigenvalue weighted by Gasteiger charge is 2.24. The van der Waals surface area contributed by atoms with Gasteiger partial charge in [-0.25, -0.2) is 4.99 Å². The average molecular weight is 534 g/mol. The van der Waals surface area contributed by atoms with Gasteiger partial charge >= 0.3 is 0 Å². The van der Waals surface area contributed by atoms with Crippen LogP contribution in [0.5, 0.6) is 5.75 Å². The molecule has 8 heteroatoms. The number of carbonyl (C=O) groups is 1. The molecule has 0 radical (unpaired) electrons. The summed E-state index contributed by atoms with van der Waals surface area (Å²) in [6.07, 6.45) is 1.73. The summed E-state index contributed by atoms with van der Waals surface area (Å²) in [6.45, 7) is 0.338. The van der Waals surface area contributed by atoms with E-state index in [0.29, 0.717) is 38.0 Å². The Morgan fingerprint density at radius 1 is 1.03 bits per heavy atom. The molecule has 3 aromatic carbocycles. The monoisotopic (exact) mass is 532 g/mol. The second kappa shape index (κ2) is 9.92. The van der Waals surface area contributed by atoms with E-state index in [-0.39, 0.29) is 5.91 Å². The van der Waals surface area contributed by atoms with E-state index in [9.17, 15) is 4.79 Å². The molecule has 4 rings (SSSR count). The van der Waals surface area contributed by atoms with Crippen molar-refractivity contribution in [3.8, 4) is 5.75 Å². The maximum absolute atomic E-state index is 12.3. The molecule has 156 valence electrons. The van der Waals surface area contributed by atoms with Crippen LogP contribution in [-0.2, 0) is 11.4 Å². The van der Waals surface area contributed by atoms with Crippen LogP contribution < -0.4 is 10.1 Å². The van der Waals surface area contributed by atoms with Gasteiger partial charge in [-0.1, -0.05) is 69.5 Å². The summed E-state index contributed by atoms with van der Waals surface area (Å²) in [6, 6.07) is 20.7. The number of amides is 1. The summed E-state index contributed by atoms with van der Waals surface area (Å²) in [7, 11) is 0. The molecule has 3 aromatic rings. The van der Waals surface area contributed by atoms with E-state index in [1.165, 1.54) is 11.8 Å². The van der Waals surface area contributed by atoms with E-state index in [0.717, 1.165) is 15.7 Å². The molecule has 0 spiro atoms. The Labute approximate surface area is 202 Å². The number of ether oxygens (including phenoxy) is 1. The summed E-state index contributed by atoms with van der Waals surface area (Å²) in [4.78, 5) is 17.3. The number of benzene rings is 3. The molecule has 1 aliphatic heterocycles. The van der Waals surface area contributed by atoms with Crippen molar-refractivity contribution in [2.75, 3.05) is 0 Å². The third-order valence-corrected chi connectivity index (χ3v) is 6.25. The van der Waals surface area contributed by atoms with Crippen LogP contribution in [0.15, 0.2) is 81.1 Å². The lowest BCUT2D eigenvalue weighted by Crippen LogP contribution is -2.19. The Bertz CT molecular complexity index is 1160. The molecule has 0 bridgehead atoms. The maximum Gasteiger partial charge on any atom is 0.264 e. The summed E-state index contributed by atoms with van der Waals surface area (Å²) in [5.74, 6) is 0.186. The zero-order chi connectivity index (χ0) is 21.8. The molecule has 0 atom stereocenters. The average Bonchev–Trinajstić information content (AvgIpc) is 3.08. The number of hydrogen-bond donors (Lipinski definition) is 1. The van der Waals surface area contributed by atoms with Gasteiger partial charge in [0.25, 0.3) is 5.91 Å². The Kier molecular flexibility index (Phi) is 7.02. The van der Waals surface area contributed by atoms with Crippen molar-refractivity contribution in [1.29, 1.82) is 0 Å². The van der Waals surface area contributed by atoms with Crippen LogP contribution in [0.2, 0.25) is 10.0 Å². The van der Waals surface area contributed by atoms with Gasteiger partial charge in [0.1, 0.15) is 6.61 Å². The van der Waals surface area contributed by atoms with Crippen molar-refractivity contribution in [2.45, 2.75) is 6.61 Å². The number of halogens is 3. The van der Waals surface area contributed by atoms with Crippen molar-refractivity contribution in [2.24, 2.45) is 4.99 Å². The van der Waals surface area contributed by atoms with E-state index in [2.05, 4.69) is 26.2 Å². The van der Waals surface area contributed by atoms with Gasteiger partial charge in [-0.2, -0.15) is 0 Å². The second-order valence-corrected chi connectivity index (χ2v) is 9.31. The molecular formula is C23H15BrCl2N2O2S. The maximum atomic E-state index is 12.3. The highest BCUT2D eigenvalue weighted by molar-refractivity contribution is 9.10. The zero-order valence-corrected chi connectivity index (χ0v) is 19.9. The summed E-state index contributed by atoms with van der Waals surface area (Å²) >= 11 is 17.5. The van der Waals surface area contributed by atoms with Crippen LogP contribution in [0, 0.1) is 0 Å². The number of hydrogen-bond acceptors (Lipinski definition) is 4. The minimum atomic E-state index is -0.220. The minimum absolute atomic E-state index is 0.220. The van der Waals surface area contributed by atoms with Crippen molar-refractivity contribution >= 4 is 73.7 Å². The van der Waals surface area contributed by atoms with Crippen LogP contribution in [0.3, 0.4) is 0 Å². The number of aliphatic imine (C=N–C) groups is 1. The van der Waals surface area contributed by atoms with E-state index >= 15 is 0 Å². The van der Waals surface area contributed by atoms with Gasteiger partial charge < -0.3 is 10.1 Å². The van der Waals surface area contributed by atoms with E-state index in [1.807, 2.05) is 54.6 Å². The molecule has 0 aromatic heterocycles. The predicted molar refractivity (Wildman–Crippen MR) is 132 cm³/mol. The smallest absolute Gasteiger partial charge is 0.264 e. The topological polar surface area (TPSA) is 50.7 Å². The molecule has 1 amide bonds. The quantitative estimate of drug-likeness (QED) is 0.352. The van der Waals surface area contributed by atoms with Crippen LogP contribution in [0.1, 0.15) is 11.1 Å². The number of nitrogens with one attached hydrogen (secondary N) is 1. The Morgan fingerprint density at radius 2 is 1.71 bits per heavy atom.